The third-order valence-corrected chi connectivity index (χ3v) is 3.15. The summed E-state index contributed by atoms with van der Waals surface area (Å²) in [5.74, 6) is 1.57. The van der Waals surface area contributed by atoms with Gasteiger partial charge >= 0.3 is 0 Å². The van der Waals surface area contributed by atoms with E-state index in [1.165, 1.54) is 38.0 Å². The van der Waals surface area contributed by atoms with Gasteiger partial charge in [-0.3, -0.25) is 4.79 Å². The smallest absolute Gasteiger partial charge is 0.229 e. The molecule has 2 heteroatoms. The normalized spacial score (nSPS) is 25.1. The Hall–Kier alpha value is -0.530. The van der Waals surface area contributed by atoms with Crippen LogP contribution in [0.5, 0.6) is 0 Å². The second-order valence-electron chi connectivity index (χ2n) is 4.16. The molecule has 0 bridgehead atoms. The average molecular weight is 180 g/mol. The Balaban J connectivity index is 1.87. The van der Waals surface area contributed by atoms with Crippen LogP contribution in [0, 0.1) is 5.92 Å². The number of carbonyl (C=O) groups excluding carboxylic acids is 1. The number of piperidine rings is 1. The molecule has 13 heavy (non-hydrogen) atoms. The summed E-state index contributed by atoms with van der Waals surface area (Å²) in [7, 11) is 0. The SMILES string of the molecule is O=C([C]1CCCC1)N1CCCCC1. The Bertz CT molecular complexity index is 179. The zero-order valence-corrected chi connectivity index (χ0v) is 8.22. The van der Waals surface area contributed by atoms with E-state index in [4.69, 9.17) is 0 Å². The highest BCUT2D eigenvalue weighted by atomic mass is 16.2. The van der Waals surface area contributed by atoms with Gasteiger partial charge in [0.05, 0.1) is 5.92 Å². The highest BCUT2D eigenvalue weighted by Gasteiger charge is 2.28. The molecule has 2 nitrogen and oxygen atoms in total. The summed E-state index contributed by atoms with van der Waals surface area (Å²) in [4.78, 5) is 13.9. The highest BCUT2D eigenvalue weighted by Crippen LogP contribution is 2.29. The predicted molar refractivity (Wildman–Crippen MR) is 52.1 cm³/mol. The van der Waals surface area contributed by atoms with Crippen LogP contribution in [-0.4, -0.2) is 23.9 Å². The fourth-order valence-corrected chi connectivity index (χ4v) is 2.34. The van der Waals surface area contributed by atoms with Crippen molar-refractivity contribution >= 4 is 5.91 Å². The molecule has 1 aliphatic carbocycles. The fraction of sp³-hybridized carbons (Fsp3) is 0.818. The van der Waals surface area contributed by atoms with Gasteiger partial charge in [-0.2, -0.15) is 0 Å². The second kappa shape index (κ2) is 4.12. The van der Waals surface area contributed by atoms with Gasteiger partial charge in [-0.1, -0.05) is 12.8 Å². The van der Waals surface area contributed by atoms with Crippen LogP contribution in [0.2, 0.25) is 0 Å². The van der Waals surface area contributed by atoms with E-state index >= 15 is 0 Å². The van der Waals surface area contributed by atoms with Crippen molar-refractivity contribution in [3.63, 3.8) is 0 Å². The average Bonchev–Trinajstić information content (AvgIpc) is 2.71. The highest BCUT2D eigenvalue weighted by molar-refractivity contribution is 5.90. The van der Waals surface area contributed by atoms with Gasteiger partial charge in [0.25, 0.3) is 0 Å². The van der Waals surface area contributed by atoms with Crippen molar-refractivity contribution in [3.8, 4) is 0 Å². The number of hydrogen-bond acceptors (Lipinski definition) is 1. The number of likely N-dealkylation sites (tertiary alicyclic amines) is 1. The van der Waals surface area contributed by atoms with Gasteiger partial charge in [-0.25, -0.2) is 0 Å². The summed E-state index contributed by atoms with van der Waals surface area (Å²) < 4.78 is 0. The summed E-state index contributed by atoms with van der Waals surface area (Å²) in [6, 6.07) is 0. The van der Waals surface area contributed by atoms with Crippen molar-refractivity contribution in [1.82, 2.24) is 4.90 Å². The maximum absolute atomic E-state index is 11.9. The van der Waals surface area contributed by atoms with Crippen LogP contribution in [-0.2, 0) is 4.79 Å². The first-order valence-electron chi connectivity index (χ1n) is 5.52. The standard InChI is InChI=1S/C11H18NO/c13-11(10-6-2-3-7-10)12-8-4-1-5-9-12/h1-9H2. The molecule has 0 aromatic heterocycles. The molecule has 1 saturated heterocycles. The van der Waals surface area contributed by atoms with Crippen LogP contribution in [0.25, 0.3) is 0 Å². The quantitative estimate of drug-likeness (QED) is 0.605. The van der Waals surface area contributed by atoms with Crippen LogP contribution >= 0.6 is 0 Å². The van der Waals surface area contributed by atoms with Gasteiger partial charge in [0, 0.05) is 13.1 Å². The maximum Gasteiger partial charge on any atom is 0.229 e. The fourth-order valence-electron chi connectivity index (χ4n) is 2.34. The van der Waals surface area contributed by atoms with Crippen LogP contribution < -0.4 is 0 Å². The molecule has 0 unspecified atom stereocenters. The second-order valence-corrected chi connectivity index (χ2v) is 4.16. The van der Waals surface area contributed by atoms with Crippen molar-refractivity contribution in [2.75, 3.05) is 13.1 Å². The Labute approximate surface area is 80.3 Å². The van der Waals surface area contributed by atoms with Crippen molar-refractivity contribution in [2.45, 2.75) is 44.9 Å². The Morgan fingerprint density at radius 2 is 1.54 bits per heavy atom. The summed E-state index contributed by atoms with van der Waals surface area (Å²) >= 11 is 0. The molecular weight excluding hydrogens is 162 g/mol. The molecule has 1 saturated carbocycles. The summed E-state index contributed by atoms with van der Waals surface area (Å²) in [5.41, 5.74) is 0. The minimum absolute atomic E-state index is 0.372. The first kappa shape index (κ1) is 9.04. The number of nitrogens with zero attached hydrogens (tertiary/aromatic N) is 1. The third kappa shape index (κ3) is 2.04. The van der Waals surface area contributed by atoms with E-state index in [0.717, 1.165) is 25.9 Å². The first-order chi connectivity index (χ1) is 6.38. The lowest BCUT2D eigenvalue weighted by Crippen LogP contribution is -2.38. The lowest BCUT2D eigenvalue weighted by Gasteiger charge is -2.28. The van der Waals surface area contributed by atoms with E-state index in [-0.39, 0.29) is 0 Å². The lowest BCUT2D eigenvalue weighted by molar-refractivity contribution is -0.130. The van der Waals surface area contributed by atoms with E-state index in [2.05, 4.69) is 4.90 Å². The molecular formula is C11H18NO. The summed E-state index contributed by atoms with van der Waals surface area (Å²) in [6.07, 6.45) is 8.31. The van der Waals surface area contributed by atoms with Crippen molar-refractivity contribution in [1.29, 1.82) is 0 Å². The van der Waals surface area contributed by atoms with Crippen molar-refractivity contribution in [3.05, 3.63) is 5.92 Å². The molecule has 1 heterocycles. The minimum atomic E-state index is 0.372. The topological polar surface area (TPSA) is 20.3 Å². The van der Waals surface area contributed by atoms with Crippen LogP contribution in [0.15, 0.2) is 0 Å². The number of rotatable bonds is 1. The van der Waals surface area contributed by atoms with Gasteiger partial charge in [-0.05, 0) is 32.1 Å². The molecule has 1 radical (unpaired) electrons. The molecule has 2 fully saturated rings. The zero-order valence-electron chi connectivity index (χ0n) is 8.22. The van der Waals surface area contributed by atoms with E-state index in [0.29, 0.717) is 5.91 Å². The van der Waals surface area contributed by atoms with E-state index in [1.807, 2.05) is 0 Å². The molecule has 0 spiro atoms. The molecule has 0 N–H and O–H groups in total. The van der Waals surface area contributed by atoms with Crippen LogP contribution in [0.4, 0.5) is 0 Å². The van der Waals surface area contributed by atoms with Crippen molar-refractivity contribution in [2.24, 2.45) is 0 Å². The molecule has 1 aliphatic heterocycles. The Morgan fingerprint density at radius 1 is 0.923 bits per heavy atom. The van der Waals surface area contributed by atoms with Gasteiger partial charge < -0.3 is 4.90 Å². The number of amides is 1. The third-order valence-electron chi connectivity index (χ3n) is 3.15. The Kier molecular flexibility index (Phi) is 2.87. The molecule has 0 aromatic rings. The van der Waals surface area contributed by atoms with Crippen LogP contribution in [0.1, 0.15) is 44.9 Å². The number of carbonyl (C=O) groups is 1. The van der Waals surface area contributed by atoms with Crippen LogP contribution in [0.3, 0.4) is 0 Å². The van der Waals surface area contributed by atoms with Gasteiger partial charge in [-0.15, -0.1) is 0 Å². The molecule has 2 rings (SSSR count). The van der Waals surface area contributed by atoms with E-state index < -0.39 is 0 Å². The van der Waals surface area contributed by atoms with Crippen molar-refractivity contribution < 1.29 is 4.79 Å². The van der Waals surface area contributed by atoms with E-state index in [9.17, 15) is 4.79 Å². The predicted octanol–water partition coefficient (Wildman–Crippen LogP) is 2.15. The molecule has 1 amide bonds. The first-order valence-corrected chi connectivity index (χ1v) is 5.52. The molecule has 0 aromatic carbocycles. The minimum Gasteiger partial charge on any atom is -0.342 e. The largest absolute Gasteiger partial charge is 0.342 e. The monoisotopic (exact) mass is 180 g/mol. The maximum atomic E-state index is 11.9. The Morgan fingerprint density at radius 3 is 2.15 bits per heavy atom. The van der Waals surface area contributed by atoms with E-state index in [1.54, 1.807) is 0 Å². The molecule has 0 atom stereocenters. The summed E-state index contributed by atoms with van der Waals surface area (Å²) in [6.45, 7) is 2.00. The molecule has 73 valence electrons. The number of hydrogen-bond donors (Lipinski definition) is 0. The van der Waals surface area contributed by atoms with Gasteiger partial charge in [0.15, 0.2) is 0 Å². The lowest BCUT2D eigenvalue weighted by atomic mass is 10.0. The summed E-state index contributed by atoms with van der Waals surface area (Å²) in [5, 5.41) is 0. The van der Waals surface area contributed by atoms with Gasteiger partial charge in [0.2, 0.25) is 5.91 Å². The molecule has 2 aliphatic rings. The van der Waals surface area contributed by atoms with Gasteiger partial charge in [0.1, 0.15) is 0 Å². The zero-order chi connectivity index (χ0) is 9.10.